The average molecular weight is 419 g/mol. The van der Waals surface area contributed by atoms with Crippen LogP contribution in [0.5, 0.6) is 5.75 Å². The van der Waals surface area contributed by atoms with Crippen molar-refractivity contribution in [1.82, 2.24) is 29.6 Å². The molecule has 2 N–H and O–H groups in total. The van der Waals surface area contributed by atoms with Crippen LogP contribution in [-0.2, 0) is 7.05 Å². The van der Waals surface area contributed by atoms with Gasteiger partial charge in [0.25, 0.3) is 5.56 Å². The Kier molecular flexibility index (Phi) is 4.37. The van der Waals surface area contributed by atoms with E-state index in [1.54, 1.807) is 10.9 Å². The van der Waals surface area contributed by atoms with Gasteiger partial charge in [0.15, 0.2) is 5.82 Å². The first kappa shape index (κ1) is 19.7. The molecule has 1 saturated heterocycles. The van der Waals surface area contributed by atoms with Crippen LogP contribution in [0, 0.1) is 6.92 Å². The minimum Gasteiger partial charge on any atom is -0.507 e. The minimum absolute atomic E-state index is 0.00199. The zero-order chi connectivity index (χ0) is 21.9. The van der Waals surface area contributed by atoms with E-state index in [1.807, 2.05) is 43.1 Å². The number of fused-ring (bicyclic) bond motifs is 2. The second kappa shape index (κ2) is 6.88. The van der Waals surface area contributed by atoms with Gasteiger partial charge in [-0.25, -0.2) is 9.97 Å². The number of phenolic OH excluding ortho intramolecular Hbond substituents is 1. The molecular weight excluding hydrogens is 392 g/mol. The summed E-state index contributed by atoms with van der Waals surface area (Å²) in [6, 6.07) is 3.85. The zero-order valence-electron chi connectivity index (χ0n) is 18.2. The van der Waals surface area contributed by atoms with E-state index in [0.29, 0.717) is 27.9 Å². The van der Waals surface area contributed by atoms with Crippen molar-refractivity contribution in [2.45, 2.75) is 45.2 Å². The van der Waals surface area contributed by atoms with Gasteiger partial charge in [0.05, 0.1) is 22.0 Å². The second-order valence-electron chi connectivity index (χ2n) is 9.12. The van der Waals surface area contributed by atoms with Crippen LogP contribution >= 0.6 is 0 Å². The first-order valence-corrected chi connectivity index (χ1v) is 10.5. The molecule has 0 saturated carbocycles. The Hall–Kier alpha value is -3.26. The van der Waals surface area contributed by atoms with Crippen molar-refractivity contribution in [1.29, 1.82) is 0 Å². The van der Waals surface area contributed by atoms with Crippen molar-refractivity contribution in [3.8, 4) is 17.1 Å². The molecule has 0 aliphatic carbocycles. The minimum atomic E-state index is -0.0742. The predicted octanol–water partition coefficient (Wildman–Crippen LogP) is 3.06. The topological polar surface area (TPSA) is 97.9 Å². The van der Waals surface area contributed by atoms with E-state index in [0.717, 1.165) is 30.3 Å². The predicted molar refractivity (Wildman–Crippen MR) is 120 cm³/mol. The molecule has 1 aliphatic heterocycles. The lowest BCUT2D eigenvalue weighted by atomic mass is 9.89. The van der Waals surface area contributed by atoms with Crippen molar-refractivity contribution in [2.75, 3.05) is 6.54 Å². The van der Waals surface area contributed by atoms with Gasteiger partial charge in [-0.05, 0) is 52.3 Å². The number of phenols is 1. The smallest absolute Gasteiger partial charge is 0.261 e. The van der Waals surface area contributed by atoms with E-state index in [1.165, 1.54) is 0 Å². The lowest BCUT2D eigenvalue weighted by molar-refractivity contribution is 0.229. The molecule has 0 spiro atoms. The lowest BCUT2D eigenvalue weighted by Crippen LogP contribution is -2.47. The van der Waals surface area contributed by atoms with E-state index in [9.17, 15) is 9.90 Å². The molecule has 0 amide bonds. The van der Waals surface area contributed by atoms with Crippen molar-refractivity contribution in [3.05, 3.63) is 46.6 Å². The van der Waals surface area contributed by atoms with Gasteiger partial charge < -0.3 is 15.0 Å². The quantitative estimate of drug-likeness (QED) is 0.519. The molecule has 1 fully saturated rings. The third-order valence-electron chi connectivity index (χ3n) is 6.26. The maximum atomic E-state index is 13.2. The van der Waals surface area contributed by atoms with E-state index in [-0.39, 0.29) is 22.9 Å². The van der Waals surface area contributed by atoms with Crippen LogP contribution in [0.4, 0.5) is 0 Å². The van der Waals surface area contributed by atoms with Crippen LogP contribution in [0.3, 0.4) is 0 Å². The maximum Gasteiger partial charge on any atom is 0.261 e. The normalized spacial score (nSPS) is 18.6. The Bertz CT molecular complexity index is 1380. The number of benzene rings is 1. The van der Waals surface area contributed by atoms with Crippen LogP contribution in [-0.4, -0.2) is 41.5 Å². The number of piperidine rings is 1. The summed E-state index contributed by atoms with van der Waals surface area (Å²) in [4.78, 5) is 22.2. The number of hydrogen-bond acceptors (Lipinski definition) is 6. The van der Waals surface area contributed by atoms with Crippen LogP contribution in [0.15, 0.2) is 35.5 Å². The Morgan fingerprint density at radius 2 is 2.13 bits per heavy atom. The Morgan fingerprint density at radius 3 is 2.90 bits per heavy atom. The van der Waals surface area contributed by atoms with E-state index in [4.69, 9.17) is 0 Å². The van der Waals surface area contributed by atoms with Crippen molar-refractivity contribution in [3.63, 3.8) is 0 Å². The van der Waals surface area contributed by atoms with E-state index in [2.05, 4.69) is 34.2 Å². The highest BCUT2D eigenvalue weighted by Gasteiger charge is 2.29. The van der Waals surface area contributed by atoms with Gasteiger partial charge in [0, 0.05) is 48.2 Å². The van der Waals surface area contributed by atoms with E-state index < -0.39 is 0 Å². The highest BCUT2D eigenvalue weighted by molar-refractivity contribution is 5.90. The molecule has 5 rings (SSSR count). The fraction of sp³-hybridized carbons (Fsp3) is 0.391. The molecule has 4 heterocycles. The molecule has 8 heteroatoms. The maximum absolute atomic E-state index is 13.2. The average Bonchev–Trinajstić information content (AvgIpc) is 3.10. The number of rotatable bonds is 2. The number of aromatic hydroxyl groups is 1. The highest BCUT2D eigenvalue weighted by Crippen LogP contribution is 2.35. The SMILES string of the molecule is Cc1c(O)c(-c2ncc3c(=O)n([C@H]4CCNC(C)(C)C4)ccc3n2)cc2cn(C)nc12. The molecule has 1 atom stereocenters. The van der Waals surface area contributed by atoms with Crippen LogP contribution < -0.4 is 10.9 Å². The standard InChI is InChI=1S/C23H26N6O2/c1-13-19-14(12-28(4)27-19)9-16(20(13)30)21-24-11-17-18(26-21)6-8-29(22(17)31)15-5-7-25-23(2,3)10-15/h6,8-9,11-12,15,25,30H,5,7,10H2,1-4H3/t15-/m0/s1. The number of nitrogens with zero attached hydrogens (tertiary/aromatic N) is 5. The molecule has 0 unspecified atom stereocenters. The molecule has 0 bridgehead atoms. The van der Waals surface area contributed by atoms with Crippen molar-refractivity contribution >= 4 is 21.8 Å². The van der Waals surface area contributed by atoms with Gasteiger partial charge in [-0.2, -0.15) is 5.10 Å². The zero-order valence-corrected chi connectivity index (χ0v) is 18.2. The third kappa shape index (κ3) is 3.27. The van der Waals surface area contributed by atoms with Crippen LogP contribution in [0.25, 0.3) is 33.2 Å². The van der Waals surface area contributed by atoms with Gasteiger partial charge in [0.2, 0.25) is 0 Å². The summed E-state index contributed by atoms with van der Waals surface area (Å²) in [7, 11) is 1.84. The summed E-state index contributed by atoms with van der Waals surface area (Å²) in [5, 5.41) is 20.0. The molecular formula is C23H26N6O2. The number of pyridine rings is 1. The van der Waals surface area contributed by atoms with Crippen LogP contribution in [0.2, 0.25) is 0 Å². The van der Waals surface area contributed by atoms with Crippen molar-refractivity contribution < 1.29 is 5.11 Å². The fourth-order valence-electron chi connectivity index (χ4n) is 4.65. The fourth-order valence-corrected chi connectivity index (χ4v) is 4.65. The van der Waals surface area contributed by atoms with Crippen molar-refractivity contribution in [2.24, 2.45) is 7.05 Å². The molecule has 0 radical (unpaired) electrons. The molecule has 4 aromatic rings. The third-order valence-corrected chi connectivity index (χ3v) is 6.26. The van der Waals surface area contributed by atoms with Gasteiger partial charge in [-0.3, -0.25) is 9.48 Å². The molecule has 31 heavy (non-hydrogen) atoms. The molecule has 160 valence electrons. The Labute approximate surface area is 179 Å². The Morgan fingerprint density at radius 1 is 1.32 bits per heavy atom. The number of nitrogens with one attached hydrogen (secondary N) is 1. The Balaban J connectivity index is 1.60. The highest BCUT2D eigenvalue weighted by atomic mass is 16.3. The lowest BCUT2D eigenvalue weighted by Gasteiger charge is -2.37. The van der Waals surface area contributed by atoms with Gasteiger partial charge in [-0.1, -0.05) is 0 Å². The molecule has 1 aliphatic rings. The second-order valence-corrected chi connectivity index (χ2v) is 9.12. The summed E-state index contributed by atoms with van der Waals surface area (Å²) in [6.07, 6.45) is 7.10. The van der Waals surface area contributed by atoms with Gasteiger partial charge >= 0.3 is 0 Å². The first-order valence-electron chi connectivity index (χ1n) is 10.5. The summed E-state index contributed by atoms with van der Waals surface area (Å²) in [5.74, 6) is 0.495. The first-order chi connectivity index (χ1) is 14.7. The number of aromatic nitrogens is 5. The van der Waals surface area contributed by atoms with E-state index >= 15 is 0 Å². The summed E-state index contributed by atoms with van der Waals surface area (Å²) in [5.41, 5.74) is 2.46. The molecule has 8 nitrogen and oxygen atoms in total. The molecule has 3 aromatic heterocycles. The molecule has 1 aromatic carbocycles. The van der Waals surface area contributed by atoms with Gasteiger partial charge in [0.1, 0.15) is 5.75 Å². The monoisotopic (exact) mass is 418 g/mol. The van der Waals surface area contributed by atoms with Crippen LogP contribution in [0.1, 0.15) is 38.3 Å². The summed E-state index contributed by atoms with van der Waals surface area (Å²) >= 11 is 0. The summed E-state index contributed by atoms with van der Waals surface area (Å²) < 4.78 is 3.53. The van der Waals surface area contributed by atoms with Gasteiger partial charge in [-0.15, -0.1) is 0 Å². The summed E-state index contributed by atoms with van der Waals surface area (Å²) in [6.45, 7) is 7.03. The number of aryl methyl sites for hydroxylation is 2. The number of hydrogen-bond donors (Lipinski definition) is 2. The largest absolute Gasteiger partial charge is 0.507 e.